The first-order chi connectivity index (χ1) is 11.4. The topological polar surface area (TPSA) is 70.2 Å². The minimum atomic E-state index is -0.402. The highest BCUT2D eigenvalue weighted by atomic mass is 35.5. The molecule has 5 nitrogen and oxygen atoms in total. The van der Waals surface area contributed by atoms with E-state index in [1.807, 2.05) is 17.5 Å². The fraction of sp³-hybridized carbons (Fsp3) is 0.200. The van der Waals surface area contributed by atoms with Crippen molar-refractivity contribution < 1.29 is 9.59 Å². The van der Waals surface area contributed by atoms with Gasteiger partial charge in [-0.05, 0) is 23.6 Å². The largest absolute Gasteiger partial charge is 0.348 e. The number of halogens is 3. The van der Waals surface area contributed by atoms with Crippen LogP contribution in [0.2, 0.25) is 15.1 Å². The van der Waals surface area contributed by atoms with Gasteiger partial charge in [-0.25, -0.2) is 0 Å². The summed E-state index contributed by atoms with van der Waals surface area (Å²) in [5.41, 5.74) is 5.55. The van der Waals surface area contributed by atoms with E-state index in [1.165, 1.54) is 30.4 Å². The minimum Gasteiger partial charge on any atom is -0.348 e. The molecule has 0 saturated carbocycles. The third-order valence-electron chi connectivity index (χ3n) is 2.99. The Kier molecular flexibility index (Phi) is 6.74. The maximum Gasteiger partial charge on any atom is 0.240 e. The third kappa shape index (κ3) is 5.27. The van der Waals surface area contributed by atoms with Gasteiger partial charge in [0.2, 0.25) is 11.8 Å². The second-order valence-corrected chi connectivity index (χ2v) is 7.12. The second-order valence-electron chi connectivity index (χ2n) is 4.89. The lowest BCUT2D eigenvalue weighted by Gasteiger charge is -2.17. The number of hydrogen-bond donors (Lipinski definition) is 3. The summed E-state index contributed by atoms with van der Waals surface area (Å²) in [6.07, 6.45) is 0.0654. The molecule has 0 aliphatic rings. The van der Waals surface area contributed by atoms with Gasteiger partial charge in [0.1, 0.15) is 0 Å². The molecule has 0 fully saturated rings. The quantitative estimate of drug-likeness (QED) is 0.622. The number of carbonyl (C=O) groups is 2. The highest BCUT2D eigenvalue weighted by molar-refractivity contribution is 7.10. The molecular weight excluding hydrogens is 393 g/mol. The summed E-state index contributed by atoms with van der Waals surface area (Å²) in [5.74, 6) is -0.540. The van der Waals surface area contributed by atoms with Crippen LogP contribution < -0.4 is 16.2 Å². The van der Waals surface area contributed by atoms with Gasteiger partial charge in [-0.15, -0.1) is 11.3 Å². The molecular formula is C15H14Cl3N3O2S. The highest BCUT2D eigenvalue weighted by Gasteiger charge is 2.18. The maximum absolute atomic E-state index is 12.2. The van der Waals surface area contributed by atoms with E-state index in [-0.39, 0.29) is 28.3 Å². The van der Waals surface area contributed by atoms with Crippen molar-refractivity contribution in [3.63, 3.8) is 0 Å². The molecule has 9 heteroatoms. The molecule has 24 heavy (non-hydrogen) atoms. The molecule has 1 heterocycles. The van der Waals surface area contributed by atoms with E-state index >= 15 is 0 Å². The molecule has 1 unspecified atom stereocenters. The van der Waals surface area contributed by atoms with E-state index in [1.54, 1.807) is 0 Å². The Bertz CT molecular complexity index is 715. The van der Waals surface area contributed by atoms with Crippen molar-refractivity contribution in [2.24, 2.45) is 0 Å². The molecule has 0 bridgehead atoms. The number of rotatable bonds is 6. The molecule has 2 aromatic rings. The van der Waals surface area contributed by atoms with E-state index in [2.05, 4.69) is 16.2 Å². The lowest BCUT2D eigenvalue weighted by molar-refractivity contribution is -0.122. The summed E-state index contributed by atoms with van der Waals surface area (Å²) in [5, 5.41) is 5.60. The predicted molar refractivity (Wildman–Crippen MR) is 98.7 cm³/mol. The van der Waals surface area contributed by atoms with E-state index < -0.39 is 6.04 Å². The van der Waals surface area contributed by atoms with Crippen LogP contribution in [0.25, 0.3) is 0 Å². The molecule has 1 aromatic heterocycles. The molecule has 0 radical (unpaired) electrons. The number of nitrogens with one attached hydrogen (secondary N) is 3. The number of amides is 2. The van der Waals surface area contributed by atoms with Crippen LogP contribution in [-0.4, -0.2) is 11.8 Å². The van der Waals surface area contributed by atoms with Crippen LogP contribution in [0.3, 0.4) is 0 Å². The number of anilines is 1. The standard InChI is InChI=1S/C15H14Cl3N3O2S/c1-8(22)19-12(13-3-2-4-24-13)7-14(23)20-21-15-10(17)5-9(16)6-11(15)18/h2-6,12,21H,7H2,1H3,(H,19,22)(H,20,23). The van der Waals surface area contributed by atoms with Crippen LogP contribution in [0.4, 0.5) is 5.69 Å². The molecule has 2 amide bonds. The fourth-order valence-corrected chi connectivity index (χ4v) is 3.68. The summed E-state index contributed by atoms with van der Waals surface area (Å²) < 4.78 is 0. The van der Waals surface area contributed by atoms with Crippen molar-refractivity contribution >= 4 is 63.6 Å². The van der Waals surface area contributed by atoms with Crippen LogP contribution >= 0.6 is 46.1 Å². The van der Waals surface area contributed by atoms with Gasteiger partial charge in [0.15, 0.2) is 0 Å². The maximum atomic E-state index is 12.2. The average molecular weight is 407 g/mol. The fourth-order valence-electron chi connectivity index (χ4n) is 1.99. The lowest BCUT2D eigenvalue weighted by Crippen LogP contribution is -2.35. The molecule has 0 aliphatic carbocycles. The van der Waals surface area contributed by atoms with Gasteiger partial charge in [-0.1, -0.05) is 40.9 Å². The van der Waals surface area contributed by atoms with Crippen molar-refractivity contribution in [3.8, 4) is 0 Å². The molecule has 1 aromatic carbocycles. The van der Waals surface area contributed by atoms with Crippen LogP contribution in [0, 0.1) is 0 Å². The number of benzene rings is 1. The van der Waals surface area contributed by atoms with Gasteiger partial charge in [0.05, 0.1) is 28.2 Å². The molecule has 0 saturated heterocycles. The van der Waals surface area contributed by atoms with E-state index in [9.17, 15) is 9.59 Å². The second kappa shape index (κ2) is 8.58. The summed E-state index contributed by atoms with van der Waals surface area (Å²) in [7, 11) is 0. The first kappa shape index (κ1) is 18.9. The number of hydrazine groups is 1. The van der Waals surface area contributed by atoms with Crippen LogP contribution in [0.15, 0.2) is 29.6 Å². The van der Waals surface area contributed by atoms with Crippen molar-refractivity contribution in [2.45, 2.75) is 19.4 Å². The van der Waals surface area contributed by atoms with Gasteiger partial charge in [0.25, 0.3) is 0 Å². The SMILES string of the molecule is CC(=O)NC(CC(=O)NNc1c(Cl)cc(Cl)cc1Cl)c1cccs1. The molecule has 3 N–H and O–H groups in total. The van der Waals surface area contributed by atoms with Crippen molar-refractivity contribution in [3.05, 3.63) is 49.6 Å². The van der Waals surface area contributed by atoms with Crippen LogP contribution in [0.5, 0.6) is 0 Å². The summed E-state index contributed by atoms with van der Waals surface area (Å²) in [4.78, 5) is 24.4. The van der Waals surface area contributed by atoms with Crippen LogP contribution in [0.1, 0.15) is 24.3 Å². The Balaban J connectivity index is 2.00. The van der Waals surface area contributed by atoms with Crippen molar-refractivity contribution in [1.29, 1.82) is 0 Å². The highest BCUT2D eigenvalue weighted by Crippen LogP contribution is 2.33. The van der Waals surface area contributed by atoms with Gasteiger partial charge < -0.3 is 5.32 Å². The summed E-state index contributed by atoms with van der Waals surface area (Å²) >= 11 is 19.4. The third-order valence-corrected chi connectivity index (χ3v) is 4.79. The van der Waals surface area contributed by atoms with Crippen molar-refractivity contribution in [2.75, 3.05) is 5.43 Å². The van der Waals surface area contributed by atoms with E-state index in [4.69, 9.17) is 34.8 Å². The molecule has 2 rings (SSSR count). The Morgan fingerprint density at radius 2 is 1.88 bits per heavy atom. The monoisotopic (exact) mass is 405 g/mol. The van der Waals surface area contributed by atoms with Gasteiger partial charge >= 0.3 is 0 Å². The number of carbonyl (C=O) groups excluding carboxylic acids is 2. The van der Waals surface area contributed by atoms with Gasteiger partial charge in [0, 0.05) is 16.8 Å². The molecule has 128 valence electrons. The van der Waals surface area contributed by atoms with Crippen LogP contribution in [-0.2, 0) is 9.59 Å². The predicted octanol–water partition coefficient (Wildman–Crippen LogP) is 4.42. The zero-order valence-electron chi connectivity index (χ0n) is 12.5. The van der Waals surface area contributed by atoms with Gasteiger partial charge in [-0.3, -0.25) is 20.4 Å². The van der Waals surface area contributed by atoms with E-state index in [0.717, 1.165) is 4.88 Å². The Hall–Kier alpha value is -1.47. The lowest BCUT2D eigenvalue weighted by atomic mass is 10.1. The number of thiophene rings is 1. The Morgan fingerprint density at radius 3 is 2.42 bits per heavy atom. The first-order valence-corrected chi connectivity index (χ1v) is 8.88. The first-order valence-electron chi connectivity index (χ1n) is 6.86. The minimum absolute atomic E-state index is 0.0654. The zero-order valence-corrected chi connectivity index (χ0v) is 15.6. The van der Waals surface area contributed by atoms with E-state index in [0.29, 0.717) is 10.7 Å². The smallest absolute Gasteiger partial charge is 0.240 e. The zero-order chi connectivity index (χ0) is 17.7. The Morgan fingerprint density at radius 1 is 1.21 bits per heavy atom. The normalized spacial score (nSPS) is 11.7. The Labute approximate surface area is 158 Å². The summed E-state index contributed by atoms with van der Waals surface area (Å²) in [6, 6.07) is 6.34. The average Bonchev–Trinajstić information content (AvgIpc) is 2.99. The molecule has 0 aliphatic heterocycles. The van der Waals surface area contributed by atoms with Gasteiger partial charge in [-0.2, -0.15) is 0 Å². The molecule has 0 spiro atoms. The molecule has 1 atom stereocenters. The summed E-state index contributed by atoms with van der Waals surface area (Å²) in [6.45, 7) is 1.41. The van der Waals surface area contributed by atoms with Crippen molar-refractivity contribution in [1.82, 2.24) is 10.7 Å². The number of hydrogen-bond acceptors (Lipinski definition) is 4.